The second-order valence-electron chi connectivity index (χ2n) is 14.2. The Morgan fingerprint density at radius 1 is 0.256 bits per heavy atom. The number of carbonyl (C=O) groups is 8. The molecule has 0 atom stereocenters. The fourth-order valence-electron chi connectivity index (χ4n) is 7.57. The van der Waals surface area contributed by atoms with Crippen molar-refractivity contribution in [2.45, 2.75) is 0 Å². The summed E-state index contributed by atoms with van der Waals surface area (Å²) < 4.78 is 131. The van der Waals surface area contributed by atoms with Gasteiger partial charge in [0.25, 0.3) is 47.3 Å². The van der Waals surface area contributed by atoms with Gasteiger partial charge in [0, 0.05) is 92.2 Å². The summed E-state index contributed by atoms with van der Waals surface area (Å²) in [7, 11) is -18.8. The normalized spacial score (nSPS) is 13.4. The predicted molar refractivity (Wildman–Crippen MR) is 266 cm³/mol. The third kappa shape index (κ3) is 16.6. The maximum Gasteiger partial charge on any atom is 2.00 e. The summed E-state index contributed by atoms with van der Waals surface area (Å²) in [6, 6.07) is 9.74. The van der Waals surface area contributed by atoms with E-state index in [2.05, 4.69) is 0 Å². The summed E-state index contributed by atoms with van der Waals surface area (Å²) in [5.41, 5.74) is -0.558. The molecular weight excluding hydrogens is 1250 g/mol. The van der Waals surface area contributed by atoms with Crippen molar-refractivity contribution in [3.05, 3.63) is 93.0 Å². The van der Waals surface area contributed by atoms with Crippen LogP contribution in [0.25, 0.3) is 21.5 Å². The van der Waals surface area contributed by atoms with E-state index >= 15 is 0 Å². The minimum Gasteiger partial charge on any atom is -0.748 e. The van der Waals surface area contributed by atoms with Crippen LogP contribution in [0.1, 0.15) is 82.9 Å². The molecule has 0 aliphatic carbocycles. The third-order valence-corrected chi connectivity index (χ3v) is 13.1. The van der Waals surface area contributed by atoms with E-state index < -0.39 is 137 Å². The summed E-state index contributed by atoms with van der Waals surface area (Å²) in [6.07, 6.45) is 0. The van der Waals surface area contributed by atoms with Gasteiger partial charge in [-0.25, -0.2) is 33.7 Å². The summed E-state index contributed by atoms with van der Waals surface area (Å²) in [5.74, 6) is -11.1. The molecule has 4 aliphatic heterocycles. The maximum atomic E-state index is 12.8. The molecule has 446 valence electrons. The molecule has 0 unspecified atom stereocenters. The van der Waals surface area contributed by atoms with E-state index in [1.807, 2.05) is 0 Å². The minimum absolute atomic E-state index is 0. The Morgan fingerprint density at radius 3 is 0.449 bits per heavy atom. The fraction of sp³-hybridized carbons (Fsp3) is 0.222. The third-order valence-electron chi connectivity index (χ3n) is 10.4. The summed E-state index contributed by atoms with van der Waals surface area (Å²) in [4.78, 5) is 105. The molecule has 0 aromatic heterocycles. The van der Waals surface area contributed by atoms with Crippen molar-refractivity contribution in [3.63, 3.8) is 0 Å². The van der Waals surface area contributed by atoms with Gasteiger partial charge in [-0.2, -0.15) is 0 Å². The zero-order valence-corrected chi connectivity index (χ0v) is 44.8. The molecule has 0 spiro atoms. The molecule has 4 aromatic rings. The van der Waals surface area contributed by atoms with E-state index in [-0.39, 0.29) is 165 Å². The van der Waals surface area contributed by atoms with Gasteiger partial charge in [0.05, 0.1) is 63.5 Å². The van der Waals surface area contributed by atoms with Gasteiger partial charge in [0.15, 0.2) is 0 Å². The minimum atomic E-state index is -4.70. The first-order valence-corrected chi connectivity index (χ1v) is 24.3. The zero-order valence-electron chi connectivity index (χ0n) is 39.5. The van der Waals surface area contributed by atoms with Crippen LogP contribution >= 0.6 is 0 Å². The van der Waals surface area contributed by atoms with Crippen LogP contribution in [0.4, 0.5) is 0 Å². The molecule has 2 radical (unpaired) electrons. The van der Waals surface area contributed by atoms with Crippen LogP contribution < -0.4 is 0 Å². The number of nitrogens with zero attached hydrogens (tertiary/aromatic N) is 4. The first-order valence-electron chi connectivity index (χ1n) is 18.0. The quantitative estimate of drug-likeness (QED) is 0.0722. The molecule has 4 heterocycles. The molecule has 0 saturated heterocycles. The van der Waals surface area contributed by atoms with E-state index in [0.717, 1.165) is 0 Å². The van der Waals surface area contributed by atoms with Crippen LogP contribution in [0.3, 0.4) is 0 Å². The molecule has 0 bridgehead atoms. The average Bonchev–Trinajstić information content (AvgIpc) is 3.18. The van der Waals surface area contributed by atoms with Crippen molar-refractivity contribution < 1.29 is 190 Å². The number of hydrogen-bond donors (Lipinski definition) is 0. The molecule has 8 rings (SSSR count). The number of rotatable bonds is 12. The zero-order chi connectivity index (χ0) is 47.2. The predicted octanol–water partition coefficient (Wildman–Crippen LogP) is -12.8. The molecule has 8 amide bonds. The van der Waals surface area contributed by atoms with Crippen LogP contribution in [-0.2, 0) is 140 Å². The van der Waals surface area contributed by atoms with Gasteiger partial charge >= 0.3 is 33.6 Å². The van der Waals surface area contributed by atoms with Gasteiger partial charge in [-0.15, -0.1) is 0 Å². The molecule has 36 nitrogen and oxygen atoms in total. The Kier molecular flexibility index (Phi) is 35.3. The number of imide groups is 4. The number of hydrogen-bond acceptors (Lipinski definition) is 20. The number of benzene rings is 4. The van der Waals surface area contributed by atoms with E-state index in [0.29, 0.717) is 19.6 Å². The molecule has 4 aromatic carbocycles. The smallest absolute Gasteiger partial charge is 0.748 e. The molecule has 42 heteroatoms. The SMILES string of the molecule is O=C1c2ccc3c4c(ccc(c24)C(=O)N1CCS(=O)(=O)[O-])C(=O)N(CCS(=O)(=O)[O-])C3=O.O=C1c2ccc3c4c(ccc(c24)C(=O)N1CCS(=O)(=O)[O-])C(=O)N(CCS(=O)(=O)[O-])C3=O.[Co+2].[Co+2].[OH3+].[OH3+].[OH3+].[OH3+].[OH3+].[OH3+].[OH3+].[OH3+].[OH3+].[OH3+].[OH3+].[OH3+]. The van der Waals surface area contributed by atoms with Crippen LogP contribution in [-0.4, -0.2) is 168 Å². The fourth-order valence-corrected chi connectivity index (χ4v) is 9.20. The van der Waals surface area contributed by atoms with E-state index in [1.165, 1.54) is 48.5 Å². The van der Waals surface area contributed by atoms with Gasteiger partial charge in [-0.3, -0.25) is 58.0 Å². The number of carbonyl (C=O) groups excluding carboxylic acids is 8. The van der Waals surface area contributed by atoms with Gasteiger partial charge in [-0.05, 0) is 48.5 Å². The van der Waals surface area contributed by atoms with E-state index in [1.54, 1.807) is 0 Å². The van der Waals surface area contributed by atoms with Crippen LogP contribution in [0.2, 0.25) is 0 Å². The second kappa shape index (κ2) is 31.1. The largest absolute Gasteiger partial charge is 2.00 e. The van der Waals surface area contributed by atoms with Gasteiger partial charge in [-0.1, -0.05) is 0 Å². The van der Waals surface area contributed by atoms with Crippen LogP contribution in [0.15, 0.2) is 48.5 Å². The Balaban J connectivity index is -0.000000178. The maximum absolute atomic E-state index is 12.8. The molecule has 0 saturated carbocycles. The average molecular weight is 1310 g/mol. The van der Waals surface area contributed by atoms with E-state index in [4.69, 9.17) is 0 Å². The summed E-state index contributed by atoms with van der Waals surface area (Å²) >= 11 is 0. The first kappa shape index (κ1) is 88.7. The van der Waals surface area contributed by atoms with Crippen LogP contribution in [0.5, 0.6) is 0 Å². The molecular formula is C36H60Co2N4O32S4+12. The standard InChI is InChI=1S/2C18H14N2O10S2.2Co.12H2O/c2*21-15-9-1-2-10-14-12(18(24)20(16(10)22)6-8-32(28,29)30)4-3-11(13(9)14)17(23)19(15)5-7-31(25,26)27;;;;;;;;;;;;;;/h2*1-4H,5-8H2,(H,25,26,27)(H,28,29,30);;;12*1H2/q;;2*+2;;;;;;;;;;;;/p+8. The Bertz CT molecular complexity index is 2810. The topological polar surface area (TPSA) is 774 Å². The van der Waals surface area contributed by atoms with E-state index in [9.17, 15) is 90.2 Å². The van der Waals surface area contributed by atoms with Crippen molar-refractivity contribution in [1.29, 1.82) is 0 Å². The molecule has 4 aliphatic rings. The Morgan fingerprint density at radius 2 is 0.359 bits per heavy atom. The number of amides is 8. The van der Waals surface area contributed by atoms with Gasteiger partial charge in [0.2, 0.25) is 0 Å². The monoisotopic (exact) mass is 1310 g/mol. The van der Waals surface area contributed by atoms with Gasteiger partial charge in [0.1, 0.15) is 0 Å². The molecule has 0 fully saturated rings. The van der Waals surface area contributed by atoms with Crippen molar-refractivity contribution in [1.82, 2.24) is 19.6 Å². The summed E-state index contributed by atoms with van der Waals surface area (Å²) in [6.45, 7) is -2.65. The van der Waals surface area contributed by atoms with Gasteiger partial charge < -0.3 is 83.9 Å². The van der Waals surface area contributed by atoms with Crippen molar-refractivity contribution in [3.8, 4) is 0 Å². The van der Waals surface area contributed by atoms with Crippen molar-refractivity contribution in [2.75, 3.05) is 49.2 Å². The first-order chi connectivity index (χ1) is 29.6. The van der Waals surface area contributed by atoms with Crippen LogP contribution in [0, 0.1) is 0 Å². The van der Waals surface area contributed by atoms with Crippen molar-refractivity contribution >= 4 is 109 Å². The Labute approximate surface area is 458 Å². The Hall–Kier alpha value is -5.87. The van der Waals surface area contributed by atoms with Crippen molar-refractivity contribution in [2.24, 2.45) is 0 Å². The summed E-state index contributed by atoms with van der Waals surface area (Å²) in [5, 5.41) is 0.0890. The molecule has 78 heavy (non-hydrogen) atoms. The second-order valence-corrected chi connectivity index (χ2v) is 20.3. The molecule has 36 N–H and O–H groups in total.